The largest absolute Gasteiger partial charge is 0.465 e. The van der Waals surface area contributed by atoms with Crippen molar-refractivity contribution in [2.75, 3.05) is 18.8 Å². The van der Waals surface area contributed by atoms with Gasteiger partial charge in [-0.2, -0.15) is 18.3 Å². The summed E-state index contributed by atoms with van der Waals surface area (Å²) in [5, 5.41) is 13.8. The van der Waals surface area contributed by atoms with Crippen molar-refractivity contribution >= 4 is 35.3 Å². The lowest BCUT2D eigenvalue weighted by molar-refractivity contribution is -0.138. The summed E-state index contributed by atoms with van der Waals surface area (Å²) in [6.07, 6.45) is 1.06. The summed E-state index contributed by atoms with van der Waals surface area (Å²) in [5.41, 5.74) is 6.84. The van der Waals surface area contributed by atoms with E-state index >= 15 is 0 Å². The number of rotatable bonds is 5. The number of aromatic nitrogens is 3. The molecule has 180 valence electrons. The van der Waals surface area contributed by atoms with E-state index in [1.54, 1.807) is 18.5 Å². The molecule has 0 spiro atoms. The van der Waals surface area contributed by atoms with Gasteiger partial charge < -0.3 is 15.7 Å². The summed E-state index contributed by atoms with van der Waals surface area (Å²) in [6.45, 7) is 0.894. The Hall–Kier alpha value is -2.92. The molecule has 1 fully saturated rings. The number of amides is 1. The van der Waals surface area contributed by atoms with E-state index < -0.39 is 17.8 Å². The fourth-order valence-electron chi connectivity index (χ4n) is 3.85. The Labute approximate surface area is 202 Å². The van der Waals surface area contributed by atoms with E-state index in [-0.39, 0.29) is 28.2 Å². The van der Waals surface area contributed by atoms with Crippen molar-refractivity contribution in [1.29, 1.82) is 0 Å². The molecule has 2 aromatic heterocycles. The highest BCUT2D eigenvalue weighted by Crippen LogP contribution is 2.38. The highest BCUT2D eigenvalue weighted by atomic mass is 35.5. The Bertz CT molecular complexity index is 1200. The van der Waals surface area contributed by atoms with Gasteiger partial charge in [-0.3, -0.25) is 4.68 Å². The van der Waals surface area contributed by atoms with Crippen LogP contribution in [-0.2, 0) is 11.9 Å². The zero-order chi connectivity index (χ0) is 24.5. The first-order chi connectivity index (χ1) is 16.1. The summed E-state index contributed by atoms with van der Waals surface area (Å²) in [7, 11) is 0. The minimum Gasteiger partial charge on any atom is -0.465 e. The molecular formula is C22H21ClF3N5O2S. The van der Waals surface area contributed by atoms with Gasteiger partial charge in [0.05, 0.1) is 22.7 Å². The first-order valence-electron chi connectivity index (χ1n) is 10.4. The molecule has 0 aliphatic carbocycles. The maximum atomic E-state index is 13.4. The van der Waals surface area contributed by atoms with Crippen LogP contribution in [0.2, 0.25) is 5.02 Å². The number of nitrogen functional groups attached to an aromatic ring is 1. The van der Waals surface area contributed by atoms with Crippen molar-refractivity contribution in [1.82, 2.24) is 19.7 Å². The van der Waals surface area contributed by atoms with Gasteiger partial charge in [0.1, 0.15) is 5.82 Å². The normalized spacial score (nSPS) is 15.0. The summed E-state index contributed by atoms with van der Waals surface area (Å²) in [4.78, 5) is 17.2. The van der Waals surface area contributed by atoms with Gasteiger partial charge in [-0.1, -0.05) is 11.6 Å². The van der Waals surface area contributed by atoms with Crippen LogP contribution < -0.4 is 5.73 Å². The molecule has 3 aromatic rings. The van der Waals surface area contributed by atoms with Crippen molar-refractivity contribution < 1.29 is 23.1 Å². The van der Waals surface area contributed by atoms with Gasteiger partial charge in [-0.25, -0.2) is 9.78 Å². The number of pyridine rings is 1. The lowest BCUT2D eigenvalue weighted by Crippen LogP contribution is -2.38. The van der Waals surface area contributed by atoms with Gasteiger partial charge in [0.25, 0.3) is 0 Å². The predicted molar refractivity (Wildman–Crippen MR) is 124 cm³/mol. The van der Waals surface area contributed by atoms with E-state index in [4.69, 9.17) is 22.4 Å². The van der Waals surface area contributed by atoms with Gasteiger partial charge in [0, 0.05) is 47.4 Å². The third-order valence-electron chi connectivity index (χ3n) is 5.68. The van der Waals surface area contributed by atoms with Gasteiger partial charge >= 0.3 is 12.3 Å². The second-order valence-corrected chi connectivity index (χ2v) is 9.36. The van der Waals surface area contributed by atoms with Crippen LogP contribution in [0, 0.1) is 0 Å². The molecule has 1 aliphatic rings. The molecule has 0 radical (unpaired) electrons. The van der Waals surface area contributed by atoms with Gasteiger partial charge in [-0.05, 0) is 42.7 Å². The van der Waals surface area contributed by atoms with E-state index in [9.17, 15) is 18.0 Å². The number of carboxylic acid groups (broad SMARTS) is 1. The number of likely N-dealkylation sites (tertiary alicyclic amines) is 1. The molecule has 1 amide bonds. The number of hydrogen-bond donors (Lipinski definition) is 2. The molecule has 1 aromatic carbocycles. The molecule has 1 saturated heterocycles. The van der Waals surface area contributed by atoms with Crippen LogP contribution in [-0.4, -0.2) is 44.0 Å². The molecule has 34 heavy (non-hydrogen) atoms. The van der Waals surface area contributed by atoms with Crippen LogP contribution in [0.3, 0.4) is 0 Å². The summed E-state index contributed by atoms with van der Waals surface area (Å²) in [6, 6.07) is 5.37. The van der Waals surface area contributed by atoms with Crippen LogP contribution in [0.5, 0.6) is 0 Å². The van der Waals surface area contributed by atoms with E-state index in [1.807, 2.05) is 10.9 Å². The Morgan fingerprint density at radius 2 is 1.94 bits per heavy atom. The van der Waals surface area contributed by atoms with Crippen LogP contribution in [0.4, 0.5) is 23.8 Å². The molecule has 3 heterocycles. The van der Waals surface area contributed by atoms with E-state index in [0.29, 0.717) is 30.8 Å². The number of benzene rings is 1. The van der Waals surface area contributed by atoms with Crippen molar-refractivity contribution in [3.8, 4) is 11.1 Å². The lowest BCUT2D eigenvalue weighted by atomic mass is 10.1. The van der Waals surface area contributed by atoms with Crippen LogP contribution in [0.1, 0.15) is 30.0 Å². The summed E-state index contributed by atoms with van der Waals surface area (Å²) < 4.78 is 41.9. The Morgan fingerprint density at radius 3 is 2.62 bits per heavy atom. The Kier molecular flexibility index (Phi) is 6.94. The highest BCUT2D eigenvalue weighted by molar-refractivity contribution is 7.98. The summed E-state index contributed by atoms with van der Waals surface area (Å²) in [5.74, 6) is 0.240. The monoisotopic (exact) mass is 511 g/mol. The smallest absolute Gasteiger partial charge is 0.416 e. The average Bonchev–Trinajstić information content (AvgIpc) is 3.28. The number of nitrogens with two attached hydrogens (primary N) is 1. The predicted octanol–water partition coefficient (Wildman–Crippen LogP) is 5.81. The topological polar surface area (TPSA) is 97.3 Å². The molecule has 0 unspecified atom stereocenters. The number of hydrogen-bond acceptors (Lipinski definition) is 5. The third-order valence-corrected chi connectivity index (χ3v) is 7.01. The Balaban J connectivity index is 1.50. The maximum absolute atomic E-state index is 13.4. The van der Waals surface area contributed by atoms with Crippen molar-refractivity contribution in [3.63, 3.8) is 0 Å². The first-order valence-corrected chi connectivity index (χ1v) is 11.7. The quantitative estimate of drug-likeness (QED) is 0.420. The molecule has 3 N–H and O–H groups in total. The number of anilines is 1. The third kappa shape index (κ3) is 5.41. The molecular weight excluding hydrogens is 491 g/mol. The summed E-state index contributed by atoms with van der Waals surface area (Å²) >= 11 is 7.07. The van der Waals surface area contributed by atoms with Gasteiger partial charge in [0.15, 0.2) is 0 Å². The van der Waals surface area contributed by atoms with Crippen molar-refractivity contribution in [2.24, 2.45) is 0 Å². The minimum absolute atomic E-state index is 0.0200. The maximum Gasteiger partial charge on any atom is 0.416 e. The number of alkyl halides is 3. The van der Waals surface area contributed by atoms with E-state index in [0.717, 1.165) is 29.0 Å². The fraction of sp³-hybridized carbons (Fsp3) is 0.318. The molecule has 0 bridgehead atoms. The van der Waals surface area contributed by atoms with E-state index in [2.05, 4.69) is 10.1 Å². The van der Waals surface area contributed by atoms with Crippen LogP contribution >= 0.6 is 23.4 Å². The molecule has 7 nitrogen and oxygen atoms in total. The fourth-order valence-corrected chi connectivity index (χ4v) is 5.01. The minimum atomic E-state index is -4.48. The number of nitrogens with zero attached hydrogens (tertiary/aromatic N) is 4. The molecule has 0 atom stereocenters. The zero-order valence-corrected chi connectivity index (χ0v) is 19.4. The van der Waals surface area contributed by atoms with Gasteiger partial charge in [0.2, 0.25) is 0 Å². The molecule has 0 saturated carbocycles. The lowest BCUT2D eigenvalue weighted by Gasteiger charge is -2.30. The zero-order valence-electron chi connectivity index (χ0n) is 17.8. The highest BCUT2D eigenvalue weighted by Gasteiger charge is 2.33. The number of thioether (sulfide) groups is 1. The van der Waals surface area contributed by atoms with Gasteiger partial charge in [-0.15, -0.1) is 11.8 Å². The molecule has 12 heteroatoms. The van der Waals surface area contributed by atoms with Crippen molar-refractivity contribution in [2.45, 2.75) is 35.7 Å². The molecule has 4 rings (SSSR count). The van der Waals surface area contributed by atoms with Crippen LogP contribution in [0.25, 0.3) is 11.1 Å². The number of piperidine rings is 1. The second-order valence-electron chi connectivity index (χ2n) is 7.91. The molecule has 1 aliphatic heterocycles. The Morgan fingerprint density at radius 1 is 1.21 bits per heavy atom. The average molecular weight is 512 g/mol. The standard InChI is InChI=1S/C22H21ClF3N5O2S/c23-16-1-2-18(22(24,25)26)14(7-16)12-34-19-8-13(9-28-20(19)27)15-10-29-31(11-15)17-3-5-30(6-4-17)21(32)33/h1-2,7-11,17H,3-6,12H2,(H2,27,28)(H,32,33). The van der Waals surface area contributed by atoms with Crippen LogP contribution in [0.15, 0.2) is 47.8 Å². The first kappa shape index (κ1) is 24.2. The number of halogens is 4. The SMILES string of the molecule is Nc1ncc(-c2cnn(C3CCN(C(=O)O)CC3)c2)cc1SCc1cc(Cl)ccc1C(F)(F)F. The van der Waals surface area contributed by atoms with E-state index in [1.165, 1.54) is 17.0 Å². The second kappa shape index (κ2) is 9.75. The number of carbonyl (C=O) groups is 1. The van der Waals surface area contributed by atoms with Crippen molar-refractivity contribution in [3.05, 3.63) is 59.0 Å².